The number of nitrogens with one attached hydrogen (secondary N) is 2. The first-order valence-electron chi connectivity index (χ1n) is 12.7. The van der Waals surface area contributed by atoms with Crippen molar-refractivity contribution in [3.63, 3.8) is 0 Å². The zero-order valence-corrected chi connectivity index (χ0v) is 21.4. The van der Waals surface area contributed by atoms with Crippen molar-refractivity contribution in [2.45, 2.75) is 38.6 Å². The number of tetrazole rings is 1. The van der Waals surface area contributed by atoms with Gasteiger partial charge in [-0.05, 0) is 109 Å². The second-order valence-corrected chi connectivity index (χ2v) is 9.72. The fourth-order valence-corrected chi connectivity index (χ4v) is 5.00. The number of amides is 1. The molecule has 1 fully saturated rings. The summed E-state index contributed by atoms with van der Waals surface area (Å²) in [5, 5.41) is 17.1. The van der Waals surface area contributed by atoms with Crippen LogP contribution in [0.25, 0.3) is 22.5 Å². The fourth-order valence-electron chi connectivity index (χ4n) is 5.00. The van der Waals surface area contributed by atoms with Gasteiger partial charge in [0.2, 0.25) is 0 Å². The van der Waals surface area contributed by atoms with Crippen LogP contribution in [0.5, 0.6) is 5.75 Å². The van der Waals surface area contributed by atoms with Gasteiger partial charge in [0.05, 0.1) is 7.11 Å². The number of likely N-dealkylation sites (tertiary alicyclic amines) is 1. The predicted octanol–water partition coefficient (Wildman–Crippen LogP) is 5.38. The van der Waals surface area contributed by atoms with Crippen LogP contribution in [-0.4, -0.2) is 57.7 Å². The summed E-state index contributed by atoms with van der Waals surface area (Å²) in [7, 11) is 1.71. The predicted molar refractivity (Wildman–Crippen MR) is 145 cm³/mol. The molecule has 0 aliphatic carbocycles. The Morgan fingerprint density at radius 3 is 2.43 bits per heavy atom. The Labute approximate surface area is 217 Å². The van der Waals surface area contributed by atoms with E-state index in [-0.39, 0.29) is 5.91 Å². The van der Waals surface area contributed by atoms with E-state index >= 15 is 0 Å². The smallest absolute Gasteiger partial charge is 0.255 e. The lowest BCUT2D eigenvalue weighted by Crippen LogP contribution is -2.37. The average Bonchev–Trinajstić information content (AvgIpc) is 3.48. The maximum atomic E-state index is 13.1. The zero-order valence-electron chi connectivity index (χ0n) is 21.4. The molecule has 0 bridgehead atoms. The second kappa shape index (κ2) is 10.9. The van der Waals surface area contributed by atoms with Crippen molar-refractivity contribution in [2.24, 2.45) is 0 Å². The summed E-state index contributed by atoms with van der Waals surface area (Å²) >= 11 is 0. The molecule has 1 aliphatic rings. The lowest BCUT2D eigenvalue weighted by atomic mass is 9.88. The normalized spacial score (nSPS) is 14.6. The number of aromatic amines is 1. The average molecular weight is 497 g/mol. The molecule has 5 rings (SSSR count). The molecule has 190 valence electrons. The fraction of sp³-hybridized carbons (Fsp3) is 0.310. The number of ether oxygens (including phenoxy) is 1. The molecule has 4 aromatic rings. The number of carbonyl (C=O) groups is 1. The molecule has 0 unspecified atom stereocenters. The number of aromatic nitrogens is 4. The molecule has 8 heteroatoms. The minimum absolute atomic E-state index is 0.140. The van der Waals surface area contributed by atoms with Crippen LogP contribution >= 0.6 is 0 Å². The molecule has 1 aromatic heterocycles. The van der Waals surface area contributed by atoms with Crippen molar-refractivity contribution >= 4 is 11.6 Å². The van der Waals surface area contributed by atoms with Crippen LogP contribution in [0.4, 0.5) is 5.69 Å². The highest BCUT2D eigenvalue weighted by molar-refractivity contribution is 6.04. The molecule has 2 N–H and O–H groups in total. The zero-order chi connectivity index (χ0) is 25.8. The summed E-state index contributed by atoms with van der Waals surface area (Å²) in [6.07, 6.45) is 2.17. The van der Waals surface area contributed by atoms with Crippen molar-refractivity contribution in [1.29, 1.82) is 0 Å². The number of benzene rings is 3. The van der Waals surface area contributed by atoms with Crippen molar-refractivity contribution in [3.8, 4) is 28.3 Å². The molecule has 0 saturated carbocycles. The summed E-state index contributed by atoms with van der Waals surface area (Å²) in [4.78, 5) is 15.6. The Hall–Kier alpha value is -4.04. The molecule has 37 heavy (non-hydrogen) atoms. The first kappa shape index (κ1) is 24.6. The topological polar surface area (TPSA) is 96.0 Å². The Kier molecular flexibility index (Phi) is 7.28. The van der Waals surface area contributed by atoms with Gasteiger partial charge >= 0.3 is 0 Å². The molecular formula is C29H32N6O2. The van der Waals surface area contributed by atoms with E-state index in [2.05, 4.69) is 50.8 Å². The van der Waals surface area contributed by atoms with Crippen molar-refractivity contribution in [1.82, 2.24) is 25.5 Å². The lowest BCUT2D eigenvalue weighted by Gasteiger charge is -2.35. The number of hydrogen-bond donors (Lipinski definition) is 2. The molecule has 1 amide bonds. The third-order valence-corrected chi connectivity index (χ3v) is 7.15. The van der Waals surface area contributed by atoms with E-state index in [9.17, 15) is 4.79 Å². The Morgan fingerprint density at radius 2 is 1.76 bits per heavy atom. The molecule has 0 radical (unpaired) electrons. The minimum atomic E-state index is -0.140. The van der Waals surface area contributed by atoms with Crippen molar-refractivity contribution in [3.05, 3.63) is 77.9 Å². The quantitative estimate of drug-likeness (QED) is 0.357. The largest absolute Gasteiger partial charge is 0.496 e. The van der Waals surface area contributed by atoms with Crippen LogP contribution in [0.15, 0.2) is 66.7 Å². The lowest BCUT2D eigenvalue weighted by molar-refractivity contribution is 0.102. The monoisotopic (exact) mass is 496 g/mol. The summed E-state index contributed by atoms with van der Waals surface area (Å²) < 4.78 is 5.67. The van der Waals surface area contributed by atoms with E-state index in [1.807, 2.05) is 60.7 Å². The number of rotatable bonds is 7. The number of anilines is 1. The highest BCUT2D eigenvalue weighted by Gasteiger charge is 2.24. The molecule has 3 aromatic carbocycles. The van der Waals surface area contributed by atoms with Crippen molar-refractivity contribution < 1.29 is 9.53 Å². The number of nitrogens with zero attached hydrogens (tertiary/aromatic N) is 4. The Morgan fingerprint density at radius 1 is 1.00 bits per heavy atom. The molecular weight excluding hydrogens is 464 g/mol. The van der Waals surface area contributed by atoms with Crippen LogP contribution in [0.3, 0.4) is 0 Å². The van der Waals surface area contributed by atoms with Crippen LogP contribution in [0.2, 0.25) is 0 Å². The number of carbonyl (C=O) groups excluding carboxylic acids is 1. The SMILES string of the molecule is COc1ccc(NC(=O)c2ccc(-c3cccc(-c4nnn[nH]4)c3)cc2)cc1C1CCN(C(C)C)CC1. The van der Waals surface area contributed by atoms with Crippen LogP contribution < -0.4 is 10.1 Å². The van der Waals surface area contributed by atoms with Gasteiger partial charge in [0, 0.05) is 22.9 Å². The van der Waals surface area contributed by atoms with Gasteiger partial charge in [-0.1, -0.05) is 30.3 Å². The summed E-state index contributed by atoms with van der Waals surface area (Å²) in [6, 6.07) is 22.0. The van der Waals surface area contributed by atoms with E-state index < -0.39 is 0 Å². The number of H-pyrrole nitrogens is 1. The van der Waals surface area contributed by atoms with Gasteiger partial charge in [0.15, 0.2) is 5.82 Å². The van der Waals surface area contributed by atoms with E-state index in [0.717, 1.165) is 54.1 Å². The molecule has 0 atom stereocenters. The van der Waals surface area contributed by atoms with Gasteiger partial charge in [-0.15, -0.1) is 5.10 Å². The van der Waals surface area contributed by atoms with E-state index in [0.29, 0.717) is 23.3 Å². The first-order valence-corrected chi connectivity index (χ1v) is 12.7. The molecule has 8 nitrogen and oxygen atoms in total. The van der Waals surface area contributed by atoms with Crippen LogP contribution in [-0.2, 0) is 0 Å². The third kappa shape index (κ3) is 5.54. The summed E-state index contributed by atoms with van der Waals surface area (Å²) in [6.45, 7) is 6.65. The Balaban J connectivity index is 1.29. The maximum Gasteiger partial charge on any atom is 0.255 e. The maximum absolute atomic E-state index is 13.1. The van der Waals surface area contributed by atoms with Gasteiger partial charge in [-0.2, -0.15) is 0 Å². The van der Waals surface area contributed by atoms with E-state index in [1.54, 1.807) is 7.11 Å². The molecule has 2 heterocycles. The Bertz CT molecular complexity index is 1340. The number of methoxy groups -OCH3 is 1. The highest BCUT2D eigenvalue weighted by Crippen LogP contribution is 2.36. The highest BCUT2D eigenvalue weighted by atomic mass is 16.5. The van der Waals surface area contributed by atoms with Crippen LogP contribution in [0.1, 0.15) is 48.5 Å². The summed E-state index contributed by atoms with van der Waals surface area (Å²) in [5.41, 5.74) is 5.47. The molecule has 1 aliphatic heterocycles. The standard InChI is InChI=1S/C29H32N6O2/c1-19(2)35-15-13-21(14-16-35)26-18-25(11-12-27(26)37-3)30-29(36)22-9-7-20(8-10-22)23-5-4-6-24(17-23)28-31-33-34-32-28/h4-12,17-19,21H,13-16H2,1-3H3,(H,30,36)(H,31,32,33,34). The van der Waals surface area contributed by atoms with Gasteiger partial charge in [-0.25, -0.2) is 5.10 Å². The summed E-state index contributed by atoms with van der Waals surface area (Å²) in [5.74, 6) is 1.78. The van der Waals surface area contributed by atoms with Gasteiger partial charge in [0.25, 0.3) is 5.91 Å². The second-order valence-electron chi connectivity index (χ2n) is 9.72. The van der Waals surface area contributed by atoms with E-state index in [1.165, 1.54) is 5.56 Å². The van der Waals surface area contributed by atoms with Crippen LogP contribution in [0, 0.1) is 0 Å². The molecule has 1 saturated heterocycles. The van der Waals surface area contributed by atoms with Gasteiger partial charge in [0.1, 0.15) is 5.75 Å². The van der Waals surface area contributed by atoms with E-state index in [4.69, 9.17) is 4.74 Å². The number of hydrogen-bond acceptors (Lipinski definition) is 6. The molecule has 0 spiro atoms. The number of piperidine rings is 1. The van der Waals surface area contributed by atoms with Gasteiger partial charge in [-0.3, -0.25) is 4.79 Å². The van der Waals surface area contributed by atoms with Crippen molar-refractivity contribution in [2.75, 3.05) is 25.5 Å². The third-order valence-electron chi connectivity index (χ3n) is 7.15. The van der Waals surface area contributed by atoms with Gasteiger partial charge < -0.3 is 15.0 Å². The first-order chi connectivity index (χ1) is 18.0. The minimum Gasteiger partial charge on any atom is -0.496 e.